The number of methoxy groups -OCH3 is 2. The first kappa shape index (κ1) is 20.8. The first-order chi connectivity index (χ1) is 14.7. The predicted molar refractivity (Wildman–Crippen MR) is 120 cm³/mol. The molecule has 2 aromatic carbocycles. The van der Waals surface area contributed by atoms with Gasteiger partial charge in [-0.15, -0.1) is 0 Å². The van der Waals surface area contributed by atoms with E-state index < -0.39 is 0 Å². The number of nitrogens with zero attached hydrogens (tertiary/aromatic N) is 3. The van der Waals surface area contributed by atoms with E-state index in [2.05, 4.69) is 26.8 Å². The fourth-order valence-corrected chi connectivity index (χ4v) is 4.75. The largest absolute Gasteiger partial charge is 0.508 e. The average molecular weight is 412 g/mol. The molecule has 2 fully saturated rings. The summed E-state index contributed by atoms with van der Waals surface area (Å²) in [4.78, 5) is 7.54. The van der Waals surface area contributed by atoms with Crippen LogP contribution in [0.1, 0.15) is 18.4 Å². The van der Waals surface area contributed by atoms with Gasteiger partial charge in [0.15, 0.2) is 0 Å². The molecule has 0 bridgehead atoms. The van der Waals surface area contributed by atoms with Gasteiger partial charge in [-0.1, -0.05) is 12.1 Å². The number of anilines is 1. The third kappa shape index (κ3) is 4.65. The summed E-state index contributed by atoms with van der Waals surface area (Å²) in [5.41, 5.74) is 2.13. The van der Waals surface area contributed by atoms with Gasteiger partial charge in [-0.2, -0.15) is 0 Å². The van der Waals surface area contributed by atoms with E-state index in [0.717, 1.165) is 62.9 Å². The highest BCUT2D eigenvalue weighted by Crippen LogP contribution is 2.30. The first-order valence-electron chi connectivity index (χ1n) is 10.9. The molecule has 1 atom stereocenters. The number of phenols is 1. The summed E-state index contributed by atoms with van der Waals surface area (Å²) in [7, 11) is 3.41. The minimum absolute atomic E-state index is 0.350. The molecule has 0 radical (unpaired) electrons. The number of benzene rings is 2. The predicted octanol–water partition coefficient (Wildman–Crippen LogP) is 3.20. The third-order valence-corrected chi connectivity index (χ3v) is 6.42. The van der Waals surface area contributed by atoms with Crippen molar-refractivity contribution >= 4 is 5.69 Å². The van der Waals surface area contributed by atoms with Crippen molar-refractivity contribution in [1.29, 1.82) is 0 Å². The molecular formula is C24H33N3O3. The number of rotatable bonds is 6. The van der Waals surface area contributed by atoms with E-state index in [4.69, 9.17) is 9.47 Å². The Balaban J connectivity index is 1.34. The van der Waals surface area contributed by atoms with Crippen LogP contribution in [0.15, 0.2) is 42.5 Å². The minimum atomic E-state index is 0.350. The maximum atomic E-state index is 10.2. The Hall–Kier alpha value is -2.44. The lowest BCUT2D eigenvalue weighted by atomic mass is 10.0. The molecule has 6 heteroatoms. The van der Waals surface area contributed by atoms with E-state index in [1.165, 1.54) is 18.5 Å². The summed E-state index contributed by atoms with van der Waals surface area (Å²) >= 11 is 0. The lowest BCUT2D eigenvalue weighted by Crippen LogP contribution is -2.55. The summed E-state index contributed by atoms with van der Waals surface area (Å²) in [5, 5.41) is 10.2. The van der Waals surface area contributed by atoms with Crippen LogP contribution in [-0.2, 0) is 6.54 Å². The zero-order valence-electron chi connectivity index (χ0n) is 18.1. The fraction of sp³-hybridized carbons (Fsp3) is 0.500. The molecule has 4 rings (SSSR count). The van der Waals surface area contributed by atoms with Gasteiger partial charge in [0.1, 0.15) is 17.2 Å². The second-order valence-corrected chi connectivity index (χ2v) is 8.22. The van der Waals surface area contributed by atoms with Crippen molar-refractivity contribution in [1.82, 2.24) is 9.80 Å². The van der Waals surface area contributed by atoms with Crippen LogP contribution in [0.2, 0.25) is 0 Å². The Kier molecular flexibility index (Phi) is 6.65. The lowest BCUT2D eigenvalue weighted by molar-refractivity contribution is 0.0882. The van der Waals surface area contributed by atoms with Crippen molar-refractivity contribution in [2.75, 3.05) is 58.4 Å². The van der Waals surface area contributed by atoms with Crippen LogP contribution in [0.4, 0.5) is 5.69 Å². The van der Waals surface area contributed by atoms with Crippen molar-refractivity contribution in [3.8, 4) is 17.2 Å². The number of likely N-dealkylation sites (tertiary alicyclic amines) is 1. The van der Waals surface area contributed by atoms with Crippen molar-refractivity contribution in [3.63, 3.8) is 0 Å². The zero-order valence-corrected chi connectivity index (χ0v) is 18.1. The SMILES string of the molecule is COc1ccc(O)c(CN2CCC[C@@H](N3CCN(c4ccccc4OC)CC3)C2)c1. The smallest absolute Gasteiger partial charge is 0.142 e. The van der Waals surface area contributed by atoms with Gasteiger partial charge < -0.3 is 19.5 Å². The molecule has 2 aliphatic rings. The van der Waals surface area contributed by atoms with Gasteiger partial charge in [0.25, 0.3) is 0 Å². The van der Waals surface area contributed by atoms with Crippen molar-refractivity contribution < 1.29 is 14.6 Å². The van der Waals surface area contributed by atoms with E-state index in [9.17, 15) is 5.11 Å². The van der Waals surface area contributed by atoms with E-state index >= 15 is 0 Å². The summed E-state index contributed by atoms with van der Waals surface area (Å²) in [6.45, 7) is 7.07. The quantitative estimate of drug-likeness (QED) is 0.788. The van der Waals surface area contributed by atoms with Gasteiger partial charge >= 0.3 is 0 Å². The molecule has 0 aliphatic carbocycles. The molecule has 2 aliphatic heterocycles. The molecule has 2 saturated heterocycles. The van der Waals surface area contributed by atoms with Crippen molar-refractivity contribution in [2.45, 2.75) is 25.4 Å². The molecular weight excluding hydrogens is 378 g/mol. The standard InChI is InChI=1S/C24H33N3O3/c1-29-21-9-10-23(28)19(16-21)17-25-11-5-6-20(18-25)26-12-14-27(15-13-26)22-7-3-4-8-24(22)30-2/h3-4,7-10,16,20,28H,5-6,11-15,17-18H2,1-2H3/t20-/m1/s1. The number of piperidine rings is 1. The molecule has 162 valence electrons. The lowest BCUT2D eigenvalue weighted by Gasteiger charge is -2.44. The molecule has 2 aromatic rings. The van der Waals surface area contributed by atoms with Gasteiger partial charge in [-0.25, -0.2) is 0 Å². The Bertz CT molecular complexity index is 836. The van der Waals surface area contributed by atoms with E-state index in [1.807, 2.05) is 18.2 Å². The molecule has 0 aromatic heterocycles. The van der Waals surface area contributed by atoms with E-state index in [0.29, 0.717) is 11.8 Å². The second-order valence-electron chi connectivity index (χ2n) is 8.22. The number of hydrogen-bond donors (Lipinski definition) is 1. The number of aromatic hydroxyl groups is 1. The first-order valence-corrected chi connectivity index (χ1v) is 10.9. The molecule has 0 unspecified atom stereocenters. The van der Waals surface area contributed by atoms with E-state index in [1.54, 1.807) is 26.4 Å². The summed E-state index contributed by atoms with van der Waals surface area (Å²) in [6.07, 6.45) is 2.44. The molecule has 0 amide bonds. The highest BCUT2D eigenvalue weighted by Gasteiger charge is 2.29. The number of phenolic OH excluding ortho intramolecular Hbond substituents is 1. The zero-order chi connectivity index (χ0) is 20.9. The van der Waals surface area contributed by atoms with Crippen molar-refractivity contribution in [2.24, 2.45) is 0 Å². The number of ether oxygens (including phenoxy) is 2. The minimum Gasteiger partial charge on any atom is -0.508 e. The third-order valence-electron chi connectivity index (χ3n) is 6.42. The van der Waals surface area contributed by atoms with Gasteiger partial charge in [-0.05, 0) is 49.7 Å². The monoisotopic (exact) mass is 411 g/mol. The Morgan fingerprint density at radius 1 is 0.967 bits per heavy atom. The van der Waals surface area contributed by atoms with Crippen LogP contribution in [0.3, 0.4) is 0 Å². The highest BCUT2D eigenvalue weighted by atomic mass is 16.5. The van der Waals surface area contributed by atoms with Crippen LogP contribution in [0.5, 0.6) is 17.2 Å². The number of piperazine rings is 1. The Morgan fingerprint density at radius 2 is 1.77 bits per heavy atom. The molecule has 0 spiro atoms. The fourth-order valence-electron chi connectivity index (χ4n) is 4.75. The topological polar surface area (TPSA) is 48.4 Å². The molecule has 30 heavy (non-hydrogen) atoms. The molecule has 6 nitrogen and oxygen atoms in total. The van der Waals surface area contributed by atoms with Gasteiger partial charge in [0.05, 0.1) is 19.9 Å². The summed E-state index contributed by atoms with van der Waals surface area (Å²) in [5.74, 6) is 2.10. The maximum Gasteiger partial charge on any atom is 0.142 e. The van der Waals surface area contributed by atoms with E-state index in [-0.39, 0.29) is 0 Å². The van der Waals surface area contributed by atoms with Crippen LogP contribution in [-0.4, -0.2) is 74.4 Å². The average Bonchev–Trinajstić information content (AvgIpc) is 2.81. The van der Waals surface area contributed by atoms with Gasteiger partial charge in [0, 0.05) is 50.9 Å². The molecule has 1 N–H and O–H groups in total. The van der Waals surface area contributed by atoms with Crippen LogP contribution in [0.25, 0.3) is 0 Å². The second kappa shape index (κ2) is 9.58. The van der Waals surface area contributed by atoms with Crippen LogP contribution in [0, 0.1) is 0 Å². The normalized spacial score (nSPS) is 20.9. The number of hydrogen-bond acceptors (Lipinski definition) is 6. The van der Waals surface area contributed by atoms with Gasteiger partial charge in [-0.3, -0.25) is 9.80 Å². The summed E-state index contributed by atoms with van der Waals surface area (Å²) in [6, 6.07) is 14.3. The molecule has 2 heterocycles. The Labute approximate surface area is 179 Å². The molecule has 0 saturated carbocycles. The number of para-hydroxylation sites is 2. The van der Waals surface area contributed by atoms with Crippen LogP contribution >= 0.6 is 0 Å². The highest BCUT2D eigenvalue weighted by molar-refractivity contribution is 5.58. The summed E-state index contributed by atoms with van der Waals surface area (Å²) < 4.78 is 10.9. The van der Waals surface area contributed by atoms with Gasteiger partial charge in [0.2, 0.25) is 0 Å². The maximum absolute atomic E-state index is 10.2. The van der Waals surface area contributed by atoms with Crippen LogP contribution < -0.4 is 14.4 Å². The van der Waals surface area contributed by atoms with Crippen molar-refractivity contribution in [3.05, 3.63) is 48.0 Å². The Morgan fingerprint density at radius 3 is 2.53 bits per heavy atom.